The van der Waals surface area contributed by atoms with Crippen LogP contribution in [0.3, 0.4) is 0 Å². The molecule has 1 fully saturated rings. The highest BCUT2D eigenvalue weighted by molar-refractivity contribution is 5.16. The molecule has 2 heteroatoms. The van der Waals surface area contributed by atoms with Crippen LogP contribution >= 0.6 is 0 Å². The molecule has 2 nitrogen and oxygen atoms in total. The van der Waals surface area contributed by atoms with Crippen LogP contribution in [-0.2, 0) is 0 Å². The average molecular weight is 238 g/mol. The van der Waals surface area contributed by atoms with Gasteiger partial charge in [-0.3, -0.25) is 0 Å². The molecule has 0 aromatic carbocycles. The molecule has 0 amide bonds. The van der Waals surface area contributed by atoms with E-state index in [9.17, 15) is 10.2 Å². The van der Waals surface area contributed by atoms with Crippen molar-refractivity contribution in [1.82, 2.24) is 0 Å². The molecular formula is C15H26O2. The van der Waals surface area contributed by atoms with Crippen LogP contribution in [0.4, 0.5) is 0 Å². The first kappa shape index (κ1) is 13.1. The monoisotopic (exact) mass is 238 g/mol. The van der Waals surface area contributed by atoms with Crippen LogP contribution in [0.2, 0.25) is 0 Å². The molecule has 4 atom stereocenters. The highest BCUT2D eigenvalue weighted by Crippen LogP contribution is 2.54. The van der Waals surface area contributed by atoms with Crippen molar-refractivity contribution in [1.29, 1.82) is 0 Å². The Hall–Kier alpha value is -0.340. The topological polar surface area (TPSA) is 40.5 Å². The third kappa shape index (κ3) is 2.17. The van der Waals surface area contributed by atoms with E-state index in [1.54, 1.807) is 0 Å². The molecule has 98 valence electrons. The molecule has 0 radical (unpaired) electrons. The Balaban J connectivity index is 2.33. The van der Waals surface area contributed by atoms with E-state index in [0.717, 1.165) is 24.8 Å². The van der Waals surface area contributed by atoms with Gasteiger partial charge in [0, 0.05) is 5.41 Å². The Labute approximate surface area is 105 Å². The zero-order valence-corrected chi connectivity index (χ0v) is 11.3. The van der Waals surface area contributed by atoms with Crippen molar-refractivity contribution in [3.8, 4) is 0 Å². The van der Waals surface area contributed by atoms with Crippen LogP contribution in [0.15, 0.2) is 11.6 Å². The van der Waals surface area contributed by atoms with Crippen LogP contribution in [-0.4, -0.2) is 22.9 Å². The maximum absolute atomic E-state index is 10.4. The van der Waals surface area contributed by atoms with Crippen molar-refractivity contribution in [3.05, 3.63) is 11.6 Å². The molecule has 0 aromatic rings. The maximum atomic E-state index is 10.4. The molecule has 0 bridgehead atoms. The van der Waals surface area contributed by atoms with Crippen LogP contribution in [0.5, 0.6) is 0 Å². The van der Waals surface area contributed by atoms with Crippen molar-refractivity contribution >= 4 is 0 Å². The van der Waals surface area contributed by atoms with Crippen molar-refractivity contribution in [2.24, 2.45) is 23.2 Å². The van der Waals surface area contributed by atoms with Gasteiger partial charge in [-0.05, 0) is 49.0 Å². The predicted octanol–water partition coefficient (Wildman–Crippen LogP) is 2.75. The summed E-state index contributed by atoms with van der Waals surface area (Å²) in [4.78, 5) is 0. The molecule has 0 saturated heterocycles. The van der Waals surface area contributed by atoms with E-state index in [2.05, 4.69) is 26.8 Å². The van der Waals surface area contributed by atoms with Crippen LogP contribution < -0.4 is 0 Å². The van der Waals surface area contributed by atoms with Crippen molar-refractivity contribution < 1.29 is 10.2 Å². The van der Waals surface area contributed by atoms with Gasteiger partial charge >= 0.3 is 0 Å². The number of rotatable bonds is 2. The molecule has 0 heterocycles. The molecule has 2 aliphatic rings. The second-order valence-corrected chi connectivity index (χ2v) is 6.52. The lowest BCUT2D eigenvalue weighted by Gasteiger charge is -2.36. The normalized spacial score (nSPS) is 42.2. The molecule has 0 aromatic heterocycles. The number of aliphatic hydroxyl groups excluding tert-OH is 2. The van der Waals surface area contributed by atoms with E-state index < -0.39 is 0 Å². The first-order valence-corrected chi connectivity index (χ1v) is 6.97. The summed E-state index contributed by atoms with van der Waals surface area (Å²) in [5.41, 5.74) is 1.16. The van der Waals surface area contributed by atoms with Gasteiger partial charge in [-0.15, -0.1) is 0 Å². The number of hydrogen-bond acceptors (Lipinski definition) is 2. The van der Waals surface area contributed by atoms with Gasteiger partial charge in [0.05, 0.1) is 12.7 Å². The third-order valence-corrected chi connectivity index (χ3v) is 5.21. The fourth-order valence-corrected chi connectivity index (χ4v) is 3.88. The summed E-state index contributed by atoms with van der Waals surface area (Å²) in [6.07, 6.45) is 6.07. The minimum absolute atomic E-state index is 0.0336. The van der Waals surface area contributed by atoms with Gasteiger partial charge in [0.1, 0.15) is 0 Å². The summed E-state index contributed by atoms with van der Waals surface area (Å²) in [5.74, 6) is 1.76. The van der Waals surface area contributed by atoms with Gasteiger partial charge in [0.2, 0.25) is 0 Å². The Morgan fingerprint density at radius 2 is 2.12 bits per heavy atom. The second-order valence-electron chi connectivity index (χ2n) is 6.52. The summed E-state index contributed by atoms with van der Waals surface area (Å²) in [6.45, 7) is 6.95. The van der Waals surface area contributed by atoms with E-state index in [0.29, 0.717) is 17.8 Å². The van der Waals surface area contributed by atoms with E-state index >= 15 is 0 Å². The van der Waals surface area contributed by atoms with Gasteiger partial charge < -0.3 is 10.2 Å². The van der Waals surface area contributed by atoms with Crippen LogP contribution in [0.1, 0.15) is 46.5 Å². The van der Waals surface area contributed by atoms with Gasteiger partial charge in [-0.2, -0.15) is 0 Å². The molecule has 2 aliphatic carbocycles. The Bertz CT molecular complexity index is 308. The SMILES string of the molecule is CC(C)[C@@H]1CC[C@@]2(C)[C@@H]1C=C(CO)CC[C@@H]2O. The predicted molar refractivity (Wildman–Crippen MR) is 69.6 cm³/mol. The number of allylic oxidation sites excluding steroid dienone is 1. The molecule has 17 heavy (non-hydrogen) atoms. The van der Waals surface area contributed by atoms with Gasteiger partial charge in [-0.1, -0.05) is 26.8 Å². The summed E-state index contributed by atoms with van der Waals surface area (Å²) in [5, 5.41) is 19.8. The minimum atomic E-state index is -0.212. The number of fused-ring (bicyclic) bond motifs is 1. The van der Waals surface area contributed by atoms with Gasteiger partial charge in [0.25, 0.3) is 0 Å². The molecule has 0 unspecified atom stereocenters. The van der Waals surface area contributed by atoms with E-state index in [-0.39, 0.29) is 18.1 Å². The number of hydrogen-bond donors (Lipinski definition) is 2. The van der Waals surface area contributed by atoms with E-state index in [1.807, 2.05) is 0 Å². The van der Waals surface area contributed by atoms with E-state index in [4.69, 9.17) is 0 Å². The fourth-order valence-electron chi connectivity index (χ4n) is 3.88. The Kier molecular flexibility index (Phi) is 3.65. The molecule has 1 saturated carbocycles. The zero-order valence-electron chi connectivity index (χ0n) is 11.3. The van der Waals surface area contributed by atoms with Gasteiger partial charge in [-0.25, -0.2) is 0 Å². The lowest BCUT2D eigenvalue weighted by atomic mass is 9.71. The largest absolute Gasteiger partial charge is 0.393 e. The van der Waals surface area contributed by atoms with Gasteiger partial charge in [0.15, 0.2) is 0 Å². The number of aliphatic hydroxyl groups is 2. The lowest BCUT2D eigenvalue weighted by Crippen LogP contribution is -2.36. The Morgan fingerprint density at radius 3 is 2.71 bits per heavy atom. The van der Waals surface area contributed by atoms with Crippen molar-refractivity contribution in [2.45, 2.75) is 52.6 Å². The van der Waals surface area contributed by atoms with Crippen molar-refractivity contribution in [2.75, 3.05) is 6.61 Å². The smallest absolute Gasteiger partial charge is 0.0641 e. The highest BCUT2D eigenvalue weighted by atomic mass is 16.3. The molecule has 2 N–H and O–H groups in total. The molecule has 0 aliphatic heterocycles. The van der Waals surface area contributed by atoms with Crippen LogP contribution in [0.25, 0.3) is 0 Å². The third-order valence-electron chi connectivity index (χ3n) is 5.21. The summed E-state index contributed by atoms with van der Waals surface area (Å²) in [6, 6.07) is 0. The average Bonchev–Trinajstić information content (AvgIpc) is 2.57. The second kappa shape index (κ2) is 4.74. The van der Waals surface area contributed by atoms with Crippen LogP contribution in [0, 0.1) is 23.2 Å². The lowest BCUT2D eigenvalue weighted by molar-refractivity contribution is 0.0109. The quantitative estimate of drug-likeness (QED) is 0.726. The van der Waals surface area contributed by atoms with Crippen molar-refractivity contribution in [3.63, 3.8) is 0 Å². The molecular weight excluding hydrogens is 212 g/mol. The first-order valence-electron chi connectivity index (χ1n) is 6.97. The first-order chi connectivity index (χ1) is 7.99. The summed E-state index contributed by atoms with van der Waals surface area (Å²) < 4.78 is 0. The minimum Gasteiger partial charge on any atom is -0.393 e. The summed E-state index contributed by atoms with van der Waals surface area (Å²) in [7, 11) is 0. The highest BCUT2D eigenvalue weighted by Gasteiger charge is 2.49. The summed E-state index contributed by atoms with van der Waals surface area (Å²) >= 11 is 0. The maximum Gasteiger partial charge on any atom is 0.0641 e. The fraction of sp³-hybridized carbons (Fsp3) is 0.867. The molecule has 2 rings (SSSR count). The Morgan fingerprint density at radius 1 is 1.41 bits per heavy atom. The molecule has 0 spiro atoms. The zero-order chi connectivity index (χ0) is 12.6. The van der Waals surface area contributed by atoms with E-state index in [1.165, 1.54) is 6.42 Å². The standard InChI is InChI=1S/C15H26O2/c1-10(2)12-6-7-15(3)13(12)8-11(9-16)4-5-14(15)17/h8,10,12-14,16-17H,4-7,9H2,1-3H3/t12-,13+,14-,15-/m0/s1.